The molecule has 2 aromatic heterocycles. The second-order valence-electron chi connectivity index (χ2n) is 8.11. The van der Waals surface area contributed by atoms with Crippen molar-refractivity contribution in [3.63, 3.8) is 0 Å². The normalized spacial score (nSPS) is 11.6. The van der Waals surface area contributed by atoms with Crippen LogP contribution in [0.25, 0.3) is 11.1 Å². The maximum atomic E-state index is 15.1. The third kappa shape index (κ3) is 5.27. The van der Waals surface area contributed by atoms with Crippen LogP contribution >= 0.6 is 0 Å². The van der Waals surface area contributed by atoms with E-state index in [1.807, 2.05) is 0 Å². The second kappa shape index (κ2) is 10.6. The van der Waals surface area contributed by atoms with Crippen molar-refractivity contribution in [3.8, 4) is 17.0 Å². The number of nitrogens with zero attached hydrogens (tertiary/aromatic N) is 3. The fourth-order valence-corrected chi connectivity index (χ4v) is 5.22. The molecule has 0 radical (unpaired) electrons. The highest BCUT2D eigenvalue weighted by molar-refractivity contribution is 7.91. The Morgan fingerprint density at radius 3 is 2.35 bits per heavy atom. The zero-order chi connectivity index (χ0) is 26.7. The van der Waals surface area contributed by atoms with Crippen molar-refractivity contribution in [2.45, 2.75) is 36.8 Å². The Labute approximate surface area is 211 Å². The largest absolute Gasteiger partial charge is 0.493 e. The summed E-state index contributed by atoms with van der Waals surface area (Å²) in [6.07, 6.45) is 0. The molecule has 8 nitrogen and oxygen atoms in total. The lowest BCUT2D eigenvalue weighted by Gasteiger charge is -2.17. The molecule has 192 valence electrons. The number of rotatable bonds is 8. The molecule has 0 aliphatic carbocycles. The lowest BCUT2D eigenvalue weighted by atomic mass is 10.0. The van der Waals surface area contributed by atoms with Gasteiger partial charge >= 0.3 is 0 Å². The first-order valence-corrected chi connectivity index (χ1v) is 12.7. The molecule has 4 rings (SSSR count). The zero-order valence-electron chi connectivity index (χ0n) is 20.0. The maximum Gasteiger partial charge on any atom is 0.296 e. The summed E-state index contributed by atoms with van der Waals surface area (Å²) < 4.78 is 61.8. The summed E-state index contributed by atoms with van der Waals surface area (Å²) in [6.45, 7) is 3.40. The minimum atomic E-state index is -4.69. The van der Waals surface area contributed by atoms with E-state index in [0.29, 0.717) is 12.2 Å². The molecule has 2 heterocycles. The highest BCUT2D eigenvalue weighted by Crippen LogP contribution is 2.31. The van der Waals surface area contributed by atoms with Gasteiger partial charge < -0.3 is 9.84 Å². The number of sulfone groups is 1. The van der Waals surface area contributed by atoms with Crippen LogP contribution in [-0.4, -0.2) is 34.7 Å². The lowest BCUT2D eigenvalue weighted by molar-refractivity contribution is 0.123. The zero-order valence-corrected chi connectivity index (χ0v) is 20.8. The van der Waals surface area contributed by atoms with Crippen LogP contribution in [0.5, 0.6) is 5.88 Å². The van der Waals surface area contributed by atoms with E-state index < -0.39 is 42.8 Å². The van der Waals surface area contributed by atoms with Crippen LogP contribution < -0.4 is 5.56 Å². The molecule has 0 atom stereocenters. The topological polar surface area (TPSA) is 111 Å². The summed E-state index contributed by atoms with van der Waals surface area (Å²) in [6, 6.07) is 14.3. The van der Waals surface area contributed by atoms with Crippen molar-refractivity contribution in [1.29, 1.82) is 0 Å². The fourth-order valence-electron chi connectivity index (χ4n) is 3.85. The van der Waals surface area contributed by atoms with Crippen LogP contribution in [0.15, 0.2) is 75.2 Å². The van der Waals surface area contributed by atoms with Crippen molar-refractivity contribution in [1.82, 2.24) is 14.5 Å². The number of ether oxygens (including phenoxy) is 1. The van der Waals surface area contributed by atoms with Gasteiger partial charge in [-0.05, 0) is 43.7 Å². The van der Waals surface area contributed by atoms with Crippen LogP contribution in [0.2, 0.25) is 0 Å². The molecule has 0 fully saturated rings. The van der Waals surface area contributed by atoms with Gasteiger partial charge in [-0.1, -0.05) is 36.4 Å². The predicted octanol–water partition coefficient (Wildman–Crippen LogP) is 4.02. The Morgan fingerprint density at radius 1 is 1.00 bits per heavy atom. The highest BCUT2D eigenvalue weighted by atomic mass is 32.2. The van der Waals surface area contributed by atoms with Gasteiger partial charge in [-0.2, -0.15) is 9.37 Å². The molecule has 0 saturated carbocycles. The van der Waals surface area contributed by atoms with E-state index in [9.17, 15) is 22.7 Å². The Kier molecular flexibility index (Phi) is 7.46. The summed E-state index contributed by atoms with van der Waals surface area (Å²) >= 11 is 0. The molecule has 0 bridgehead atoms. The number of hydrogen-bond acceptors (Lipinski definition) is 7. The third-order valence-electron chi connectivity index (χ3n) is 5.68. The van der Waals surface area contributed by atoms with Crippen LogP contribution in [0, 0.1) is 18.7 Å². The third-order valence-corrected chi connectivity index (χ3v) is 7.44. The van der Waals surface area contributed by atoms with E-state index in [-0.39, 0.29) is 35.8 Å². The average molecular weight is 528 g/mol. The first-order chi connectivity index (χ1) is 17.6. The standard InChI is InChI=1S/C26H23F2N3O5S/c1-3-36-15-23-30-25(32)24(26(33)31(23)14-17-7-5-4-6-8-17)37(34,35)18-9-10-20(21(27)13-18)19-11-12-22(28)29-16(19)2/h4-13,33H,3,14-15H2,1-2H3. The molecule has 1 N–H and O–H groups in total. The van der Waals surface area contributed by atoms with Gasteiger partial charge in [0.25, 0.3) is 5.56 Å². The highest BCUT2D eigenvalue weighted by Gasteiger charge is 2.30. The van der Waals surface area contributed by atoms with Crippen LogP contribution in [0.4, 0.5) is 8.78 Å². The minimum Gasteiger partial charge on any atom is -0.493 e. The molecule has 0 unspecified atom stereocenters. The first kappa shape index (κ1) is 26.1. The maximum absolute atomic E-state index is 15.1. The predicted molar refractivity (Wildman–Crippen MR) is 131 cm³/mol. The van der Waals surface area contributed by atoms with E-state index in [1.165, 1.54) is 23.6 Å². The summed E-state index contributed by atoms with van der Waals surface area (Å²) in [5, 5.41) is 11.0. The van der Waals surface area contributed by atoms with Gasteiger partial charge in [0.05, 0.1) is 11.4 Å². The smallest absolute Gasteiger partial charge is 0.296 e. The van der Waals surface area contributed by atoms with E-state index in [2.05, 4.69) is 9.97 Å². The Morgan fingerprint density at radius 2 is 1.70 bits per heavy atom. The van der Waals surface area contributed by atoms with E-state index in [0.717, 1.165) is 18.2 Å². The summed E-state index contributed by atoms with van der Waals surface area (Å²) in [4.78, 5) is 18.8. The molecule has 37 heavy (non-hydrogen) atoms. The molecule has 0 amide bonds. The minimum absolute atomic E-state index is 0.000141. The van der Waals surface area contributed by atoms with Crippen molar-refractivity contribution < 1.29 is 27.0 Å². The Bertz CT molecular complexity index is 1620. The van der Waals surface area contributed by atoms with Gasteiger partial charge in [0.2, 0.25) is 21.7 Å². The number of aromatic hydroxyl groups is 1. The summed E-state index contributed by atoms with van der Waals surface area (Å²) in [7, 11) is -4.69. The molecule has 0 aliphatic heterocycles. The molecular weight excluding hydrogens is 504 g/mol. The number of benzene rings is 2. The van der Waals surface area contributed by atoms with Crippen molar-refractivity contribution in [2.75, 3.05) is 6.61 Å². The number of pyridine rings is 1. The second-order valence-corrected chi connectivity index (χ2v) is 9.99. The molecular formula is C26H23F2N3O5S. The van der Waals surface area contributed by atoms with E-state index in [1.54, 1.807) is 37.3 Å². The molecule has 4 aromatic rings. The molecule has 2 aromatic carbocycles. The van der Waals surface area contributed by atoms with E-state index >= 15 is 4.39 Å². The lowest BCUT2D eigenvalue weighted by Crippen LogP contribution is -2.26. The monoisotopic (exact) mass is 527 g/mol. The molecule has 11 heteroatoms. The number of aromatic nitrogens is 3. The van der Waals surface area contributed by atoms with Crippen LogP contribution in [-0.2, 0) is 27.7 Å². The van der Waals surface area contributed by atoms with Crippen LogP contribution in [0.1, 0.15) is 24.0 Å². The number of hydrogen-bond donors (Lipinski definition) is 1. The number of halogens is 2. The quantitative estimate of drug-likeness (QED) is 0.345. The van der Waals surface area contributed by atoms with Crippen LogP contribution in [0.3, 0.4) is 0 Å². The SMILES string of the molecule is CCOCc1nc(=O)c(S(=O)(=O)c2ccc(-c3ccc(F)nc3C)c(F)c2)c(O)n1Cc1ccccc1. The van der Waals surface area contributed by atoms with Gasteiger partial charge in [-0.3, -0.25) is 9.36 Å². The molecule has 0 spiro atoms. The van der Waals surface area contributed by atoms with Crippen molar-refractivity contribution >= 4 is 9.84 Å². The average Bonchev–Trinajstić information content (AvgIpc) is 2.85. The Balaban J connectivity index is 1.83. The van der Waals surface area contributed by atoms with Crippen molar-refractivity contribution in [3.05, 3.63) is 99.9 Å². The van der Waals surface area contributed by atoms with E-state index in [4.69, 9.17) is 4.74 Å². The number of aryl methyl sites for hydroxylation is 1. The Hall–Kier alpha value is -3.96. The summed E-state index contributed by atoms with van der Waals surface area (Å²) in [5.41, 5.74) is 0.00494. The van der Waals surface area contributed by atoms with Gasteiger partial charge in [-0.25, -0.2) is 17.8 Å². The molecule has 0 saturated heterocycles. The van der Waals surface area contributed by atoms with Gasteiger partial charge in [0, 0.05) is 23.4 Å². The first-order valence-electron chi connectivity index (χ1n) is 11.3. The van der Waals surface area contributed by atoms with Gasteiger partial charge in [0.1, 0.15) is 18.2 Å². The summed E-state index contributed by atoms with van der Waals surface area (Å²) in [5.74, 6) is -2.46. The van der Waals surface area contributed by atoms with Crippen molar-refractivity contribution in [2.24, 2.45) is 0 Å². The van der Waals surface area contributed by atoms with Gasteiger partial charge in [-0.15, -0.1) is 0 Å². The van der Waals surface area contributed by atoms with Gasteiger partial charge in [0.15, 0.2) is 4.90 Å². The fraction of sp³-hybridized carbons (Fsp3) is 0.192. The molecule has 0 aliphatic rings.